The molecule has 3 aromatic heterocycles. The molecule has 0 aliphatic carbocycles. The number of benzene rings is 3. The Hall–Kier alpha value is -6.94. The van der Waals surface area contributed by atoms with Gasteiger partial charge in [-0.25, -0.2) is 19.6 Å². The molecule has 0 spiro atoms. The highest BCUT2D eigenvalue weighted by Gasteiger charge is 2.37. The first-order chi connectivity index (χ1) is 30.8. The molecule has 2 saturated heterocycles. The number of H-pyrrole nitrogens is 3. The van der Waals surface area contributed by atoms with E-state index in [1.54, 1.807) is 12.4 Å². The first-order valence-electron chi connectivity index (χ1n) is 21.5. The predicted molar refractivity (Wildman–Crippen MR) is 236 cm³/mol. The van der Waals surface area contributed by atoms with Crippen molar-refractivity contribution in [3.05, 3.63) is 109 Å². The van der Waals surface area contributed by atoms with E-state index in [4.69, 9.17) is 19.2 Å². The number of fused-ring (bicyclic) bond motifs is 1. The number of carbonyl (C=O) groups excluding carboxylic acids is 4. The van der Waals surface area contributed by atoms with E-state index >= 15 is 0 Å². The Balaban J connectivity index is 0.920. The summed E-state index contributed by atoms with van der Waals surface area (Å²) in [5.41, 5.74) is 7.49. The van der Waals surface area contributed by atoms with Crippen LogP contribution in [-0.4, -0.2) is 99.9 Å². The number of amides is 4. The summed E-state index contributed by atoms with van der Waals surface area (Å²) < 4.78 is 15.5. The van der Waals surface area contributed by atoms with Gasteiger partial charge in [0.2, 0.25) is 11.8 Å². The van der Waals surface area contributed by atoms with Crippen molar-refractivity contribution in [3.8, 4) is 33.6 Å². The second-order valence-corrected chi connectivity index (χ2v) is 16.0. The molecular formula is C47H53N9O7. The molecule has 0 saturated carbocycles. The monoisotopic (exact) mass is 855 g/mol. The van der Waals surface area contributed by atoms with Gasteiger partial charge < -0.3 is 50.0 Å². The van der Waals surface area contributed by atoms with Crippen LogP contribution in [0, 0.1) is 0 Å². The number of methoxy groups -OCH3 is 2. The minimum absolute atomic E-state index is 0.186. The van der Waals surface area contributed by atoms with Crippen LogP contribution in [-0.2, 0) is 30.2 Å². The van der Waals surface area contributed by atoms with Gasteiger partial charge in [0.05, 0.1) is 50.1 Å². The number of hydrogen-bond donors (Lipinski definition) is 6. The molecule has 4 atom stereocenters. The van der Waals surface area contributed by atoms with Gasteiger partial charge in [-0.05, 0) is 66.0 Å². The molecule has 8 rings (SSSR count). The first kappa shape index (κ1) is 42.7. The Bertz CT molecular complexity index is 2510. The molecule has 2 aliphatic rings. The molecule has 6 aromatic rings. The van der Waals surface area contributed by atoms with Crippen LogP contribution in [0.4, 0.5) is 9.59 Å². The summed E-state index contributed by atoms with van der Waals surface area (Å²) in [6.45, 7) is 1.64. The minimum Gasteiger partial charge on any atom is -0.453 e. The lowest BCUT2D eigenvalue weighted by Gasteiger charge is -2.28. The van der Waals surface area contributed by atoms with Crippen molar-refractivity contribution in [3.63, 3.8) is 0 Å². The Morgan fingerprint density at radius 2 is 1.44 bits per heavy atom. The summed E-state index contributed by atoms with van der Waals surface area (Å²) in [5.74, 6) is 0.820. The van der Waals surface area contributed by atoms with E-state index in [9.17, 15) is 19.2 Å². The van der Waals surface area contributed by atoms with Crippen LogP contribution >= 0.6 is 0 Å². The van der Waals surface area contributed by atoms with Crippen LogP contribution in [0.3, 0.4) is 0 Å². The number of para-hydroxylation sites is 1. The molecule has 328 valence electrons. The molecule has 4 amide bonds. The van der Waals surface area contributed by atoms with Crippen LogP contribution < -0.4 is 16.0 Å². The largest absolute Gasteiger partial charge is 0.453 e. The number of ether oxygens (including phenoxy) is 3. The average molecular weight is 856 g/mol. The SMILES string of the molecule is COC(=O)N[C@H]1CCCCCOCC[C@@H](c2ncc(-c3ccc(-c4ccc(-c5cnc([C@@H]6CCCN6C(=O)[C@H](Cc6c[nH]c7ccccc67)NC(=O)OC)[nH]5)cc4)cc3)[nH]2)NC1=O. The van der Waals surface area contributed by atoms with Crippen molar-refractivity contribution < 1.29 is 33.4 Å². The number of hydrogen-bond acceptors (Lipinski definition) is 9. The number of likely N-dealkylation sites (tertiary alicyclic amines) is 1. The van der Waals surface area contributed by atoms with Gasteiger partial charge in [-0.1, -0.05) is 79.6 Å². The van der Waals surface area contributed by atoms with Crippen molar-refractivity contribution in [2.45, 2.75) is 75.5 Å². The highest BCUT2D eigenvalue weighted by atomic mass is 16.5. The van der Waals surface area contributed by atoms with Gasteiger partial charge in [0, 0.05) is 43.3 Å². The van der Waals surface area contributed by atoms with E-state index < -0.39 is 30.3 Å². The molecule has 5 heterocycles. The minimum atomic E-state index is -0.822. The maximum Gasteiger partial charge on any atom is 0.407 e. The van der Waals surface area contributed by atoms with Crippen molar-refractivity contribution in [2.24, 2.45) is 0 Å². The number of aromatic amines is 3. The second kappa shape index (κ2) is 19.8. The lowest BCUT2D eigenvalue weighted by Crippen LogP contribution is -2.49. The fraction of sp³-hybridized carbons (Fsp3) is 0.362. The quantitative estimate of drug-likeness (QED) is 0.0829. The number of nitrogens with one attached hydrogen (secondary N) is 6. The van der Waals surface area contributed by atoms with Gasteiger partial charge in [0.25, 0.3) is 0 Å². The predicted octanol–water partition coefficient (Wildman–Crippen LogP) is 7.11. The number of nitrogens with zero attached hydrogens (tertiary/aromatic N) is 3. The van der Waals surface area contributed by atoms with Gasteiger partial charge in [0.1, 0.15) is 23.7 Å². The van der Waals surface area contributed by atoms with Crippen LogP contribution in [0.25, 0.3) is 44.5 Å². The third-order valence-electron chi connectivity index (χ3n) is 11.9. The zero-order valence-electron chi connectivity index (χ0n) is 35.4. The lowest BCUT2D eigenvalue weighted by atomic mass is 10.0. The lowest BCUT2D eigenvalue weighted by molar-refractivity contribution is -0.134. The topological polar surface area (TPSA) is 208 Å². The van der Waals surface area contributed by atoms with E-state index in [2.05, 4.69) is 60.2 Å². The zero-order chi connectivity index (χ0) is 43.7. The van der Waals surface area contributed by atoms with E-state index in [0.29, 0.717) is 50.7 Å². The van der Waals surface area contributed by atoms with Gasteiger partial charge in [-0.15, -0.1) is 0 Å². The highest BCUT2D eigenvalue weighted by Crippen LogP contribution is 2.34. The molecular weight excluding hydrogens is 803 g/mol. The number of rotatable bonds is 10. The number of aromatic nitrogens is 5. The number of carbonyl (C=O) groups is 4. The first-order valence-corrected chi connectivity index (χ1v) is 21.5. The van der Waals surface area contributed by atoms with Crippen LogP contribution in [0.1, 0.15) is 74.2 Å². The molecule has 16 heteroatoms. The van der Waals surface area contributed by atoms with Gasteiger partial charge in [-0.2, -0.15) is 0 Å². The normalized spacial score (nSPS) is 19.0. The van der Waals surface area contributed by atoms with Crippen molar-refractivity contribution in [1.82, 2.24) is 45.8 Å². The van der Waals surface area contributed by atoms with Crippen molar-refractivity contribution in [2.75, 3.05) is 34.0 Å². The van der Waals surface area contributed by atoms with Crippen LogP contribution in [0.15, 0.2) is 91.4 Å². The van der Waals surface area contributed by atoms with Gasteiger partial charge in [0.15, 0.2) is 0 Å². The Morgan fingerprint density at radius 3 is 2.16 bits per heavy atom. The summed E-state index contributed by atoms with van der Waals surface area (Å²) in [5, 5.41) is 9.52. The van der Waals surface area contributed by atoms with Crippen LogP contribution in [0.5, 0.6) is 0 Å². The van der Waals surface area contributed by atoms with Gasteiger partial charge in [-0.3, -0.25) is 9.59 Å². The summed E-state index contributed by atoms with van der Waals surface area (Å²) in [6.07, 6.45) is 9.56. The summed E-state index contributed by atoms with van der Waals surface area (Å²) >= 11 is 0. The smallest absolute Gasteiger partial charge is 0.407 e. The average Bonchev–Trinajstić information content (AvgIpc) is 4.16. The highest BCUT2D eigenvalue weighted by molar-refractivity contribution is 5.89. The third-order valence-corrected chi connectivity index (χ3v) is 11.9. The molecule has 2 fully saturated rings. The Labute approximate surface area is 364 Å². The van der Waals surface area contributed by atoms with E-state index in [1.807, 2.05) is 59.6 Å². The molecule has 3 aromatic carbocycles. The van der Waals surface area contributed by atoms with Crippen LogP contribution in [0.2, 0.25) is 0 Å². The molecule has 0 unspecified atom stereocenters. The van der Waals surface area contributed by atoms with E-state index in [-0.39, 0.29) is 17.9 Å². The zero-order valence-corrected chi connectivity index (χ0v) is 35.4. The second-order valence-electron chi connectivity index (χ2n) is 16.0. The molecule has 2 aliphatic heterocycles. The molecule has 0 bridgehead atoms. The summed E-state index contributed by atoms with van der Waals surface area (Å²) in [4.78, 5) is 73.2. The molecule has 6 N–H and O–H groups in total. The fourth-order valence-corrected chi connectivity index (χ4v) is 8.49. The standard InChI is InChI=1S/C47H53N9O7/c1-61-46(59)54-37-11-4-3-7-23-63-24-21-36(53-44(37)57)42-49-27-39(51-42)31-17-13-29(14-18-31)30-15-19-32(20-16-30)40-28-50-43(52-40)41-12-8-22-56(41)45(58)38(55-47(60)62-2)25-33-26-48-35-10-6-5-9-34(33)35/h5-6,9-10,13-20,26-28,36-38,41,48H,3-4,7-8,11-12,21-25H2,1-2H3,(H,49,51)(H,50,52)(H,53,57)(H,54,59)(H,55,60)/t36-,37-,38-,41-/m0/s1. The van der Waals surface area contributed by atoms with Crippen molar-refractivity contribution in [1.29, 1.82) is 0 Å². The number of alkyl carbamates (subject to hydrolysis) is 2. The summed E-state index contributed by atoms with van der Waals surface area (Å²) in [7, 11) is 2.57. The maximum absolute atomic E-state index is 14.1. The Morgan fingerprint density at radius 1 is 0.778 bits per heavy atom. The molecule has 63 heavy (non-hydrogen) atoms. The maximum atomic E-state index is 14.1. The summed E-state index contributed by atoms with van der Waals surface area (Å²) in [6, 6.07) is 22.0. The molecule has 16 nitrogen and oxygen atoms in total. The fourth-order valence-electron chi connectivity index (χ4n) is 8.49. The Kier molecular flexibility index (Phi) is 13.5. The molecule has 0 radical (unpaired) electrons. The number of imidazole rings is 2. The van der Waals surface area contributed by atoms with Gasteiger partial charge >= 0.3 is 12.2 Å². The van der Waals surface area contributed by atoms with Crippen molar-refractivity contribution >= 4 is 34.9 Å². The van der Waals surface area contributed by atoms with E-state index in [0.717, 1.165) is 82.2 Å². The third kappa shape index (κ3) is 10.1. The van der Waals surface area contributed by atoms with E-state index in [1.165, 1.54) is 14.2 Å².